The fourth-order valence-corrected chi connectivity index (χ4v) is 4.42. The van der Waals surface area contributed by atoms with Gasteiger partial charge in [-0.05, 0) is 46.9 Å². The summed E-state index contributed by atoms with van der Waals surface area (Å²) in [6.07, 6.45) is 7.68. The van der Waals surface area contributed by atoms with Crippen LogP contribution in [0.2, 0.25) is 0 Å². The normalized spacial score (nSPS) is 14.6. The monoisotopic (exact) mass is 399 g/mol. The SMILES string of the molecule is CCCCCCC(C)(CC)c1ccc(/C(SN)=C(/S)c2ccccc2)cc1. The van der Waals surface area contributed by atoms with Gasteiger partial charge in [-0.3, -0.25) is 5.14 Å². The van der Waals surface area contributed by atoms with Gasteiger partial charge in [0.05, 0.1) is 0 Å². The Kier molecular flexibility index (Phi) is 9.01. The Labute approximate surface area is 175 Å². The van der Waals surface area contributed by atoms with Crippen molar-refractivity contribution in [2.75, 3.05) is 0 Å². The van der Waals surface area contributed by atoms with Crippen molar-refractivity contribution in [3.05, 3.63) is 71.3 Å². The Bertz CT molecular complexity index is 722. The van der Waals surface area contributed by atoms with E-state index in [9.17, 15) is 0 Å². The summed E-state index contributed by atoms with van der Waals surface area (Å²) in [6, 6.07) is 19.2. The summed E-state index contributed by atoms with van der Waals surface area (Å²) >= 11 is 6.02. The van der Waals surface area contributed by atoms with Gasteiger partial charge < -0.3 is 0 Å². The second kappa shape index (κ2) is 11.0. The number of nitrogens with two attached hydrogens (primary N) is 1. The van der Waals surface area contributed by atoms with E-state index in [1.54, 1.807) is 0 Å². The van der Waals surface area contributed by atoms with E-state index in [1.165, 1.54) is 49.6 Å². The van der Waals surface area contributed by atoms with Crippen molar-refractivity contribution in [1.29, 1.82) is 0 Å². The lowest BCUT2D eigenvalue weighted by atomic mass is 9.76. The molecule has 0 saturated heterocycles. The van der Waals surface area contributed by atoms with Crippen LogP contribution in [0.25, 0.3) is 9.81 Å². The molecule has 1 nitrogen and oxygen atoms in total. The molecule has 1 atom stereocenters. The van der Waals surface area contributed by atoms with Crippen molar-refractivity contribution in [2.45, 2.75) is 64.7 Å². The number of thiol groups is 1. The topological polar surface area (TPSA) is 26.0 Å². The zero-order valence-corrected chi connectivity index (χ0v) is 18.6. The van der Waals surface area contributed by atoms with Crippen LogP contribution in [0.5, 0.6) is 0 Å². The summed E-state index contributed by atoms with van der Waals surface area (Å²) in [4.78, 5) is 1.94. The first-order chi connectivity index (χ1) is 13.1. The largest absolute Gasteiger partial charge is 0.274 e. The van der Waals surface area contributed by atoms with Crippen molar-refractivity contribution in [3.8, 4) is 0 Å². The fraction of sp³-hybridized carbons (Fsp3) is 0.417. The first kappa shape index (κ1) is 22.1. The number of benzene rings is 2. The minimum atomic E-state index is 0.245. The van der Waals surface area contributed by atoms with Crippen LogP contribution in [-0.4, -0.2) is 0 Å². The minimum Gasteiger partial charge on any atom is -0.274 e. The first-order valence-corrected chi connectivity index (χ1v) is 11.3. The standard InChI is InChI=1S/C24H33NS2/c1-4-6-7-11-18-24(3,5-2)21-16-14-20(15-17-21)23(27-25)22(26)19-12-9-8-10-13-19/h8-10,12-17,26H,4-7,11,18,25H2,1-3H3/b23-22-. The molecule has 0 aliphatic rings. The van der Waals surface area contributed by atoms with Crippen molar-refractivity contribution in [2.24, 2.45) is 5.14 Å². The molecule has 0 heterocycles. The summed E-state index contributed by atoms with van der Waals surface area (Å²) in [5.41, 5.74) is 3.89. The van der Waals surface area contributed by atoms with Gasteiger partial charge >= 0.3 is 0 Å². The van der Waals surface area contributed by atoms with Crippen LogP contribution < -0.4 is 5.14 Å². The molecule has 2 N–H and O–H groups in total. The molecule has 1 unspecified atom stereocenters. The second-order valence-electron chi connectivity index (χ2n) is 7.46. The third kappa shape index (κ3) is 5.91. The van der Waals surface area contributed by atoms with Gasteiger partial charge in [-0.15, -0.1) is 12.6 Å². The smallest absolute Gasteiger partial charge is 0.0437 e. The number of hydrogen-bond donors (Lipinski definition) is 2. The number of hydrogen-bond acceptors (Lipinski definition) is 3. The van der Waals surface area contributed by atoms with Crippen LogP contribution in [0.3, 0.4) is 0 Å². The Morgan fingerprint density at radius 2 is 1.59 bits per heavy atom. The third-order valence-electron chi connectivity index (χ3n) is 5.59. The predicted octanol–water partition coefficient (Wildman–Crippen LogP) is 7.69. The fourth-order valence-electron chi connectivity index (χ4n) is 3.48. The van der Waals surface area contributed by atoms with Gasteiger partial charge in [0.15, 0.2) is 0 Å². The van der Waals surface area contributed by atoms with E-state index in [0.29, 0.717) is 0 Å². The average Bonchev–Trinajstić information content (AvgIpc) is 2.72. The minimum absolute atomic E-state index is 0.245. The molecule has 2 aromatic carbocycles. The maximum absolute atomic E-state index is 6.00. The van der Waals surface area contributed by atoms with Crippen molar-refractivity contribution < 1.29 is 0 Å². The van der Waals surface area contributed by atoms with Crippen LogP contribution in [0, 0.1) is 0 Å². The van der Waals surface area contributed by atoms with E-state index in [-0.39, 0.29) is 5.41 Å². The molecule has 0 aliphatic carbocycles. The van der Waals surface area contributed by atoms with Crippen LogP contribution >= 0.6 is 24.6 Å². The summed E-state index contributed by atoms with van der Waals surface area (Å²) in [5, 5.41) is 6.00. The molecular weight excluding hydrogens is 366 g/mol. The highest BCUT2D eigenvalue weighted by Gasteiger charge is 2.24. The molecule has 0 aromatic heterocycles. The van der Waals surface area contributed by atoms with Crippen LogP contribution in [0.15, 0.2) is 54.6 Å². The van der Waals surface area contributed by atoms with E-state index >= 15 is 0 Å². The van der Waals surface area contributed by atoms with Crippen LogP contribution in [-0.2, 0) is 5.41 Å². The molecule has 2 aromatic rings. The molecule has 0 bridgehead atoms. The van der Waals surface area contributed by atoms with Gasteiger partial charge in [-0.2, -0.15) is 0 Å². The quantitative estimate of drug-likeness (QED) is 0.185. The van der Waals surface area contributed by atoms with Gasteiger partial charge in [0.25, 0.3) is 0 Å². The summed E-state index contributed by atoms with van der Waals surface area (Å²) in [6.45, 7) is 6.97. The van der Waals surface area contributed by atoms with Crippen molar-refractivity contribution in [1.82, 2.24) is 0 Å². The molecule has 0 radical (unpaired) electrons. The van der Waals surface area contributed by atoms with Gasteiger partial charge in [-0.25, -0.2) is 0 Å². The molecule has 3 heteroatoms. The van der Waals surface area contributed by atoms with Crippen molar-refractivity contribution >= 4 is 34.4 Å². The average molecular weight is 400 g/mol. The third-order valence-corrected chi connectivity index (χ3v) is 6.90. The van der Waals surface area contributed by atoms with Gasteiger partial charge in [0.2, 0.25) is 0 Å². The maximum Gasteiger partial charge on any atom is 0.0437 e. The lowest BCUT2D eigenvalue weighted by molar-refractivity contribution is 0.396. The Balaban J connectivity index is 2.24. The van der Waals surface area contributed by atoms with Crippen LogP contribution in [0.4, 0.5) is 0 Å². The summed E-state index contributed by atoms with van der Waals surface area (Å²) in [5.74, 6) is 0. The molecule has 0 spiro atoms. The highest BCUT2D eigenvalue weighted by atomic mass is 32.2. The molecular formula is C24H33NS2. The zero-order chi connectivity index (χ0) is 19.7. The van der Waals surface area contributed by atoms with Gasteiger partial charge in [0, 0.05) is 9.81 Å². The highest BCUT2D eigenvalue weighted by molar-refractivity contribution is 8.08. The Morgan fingerprint density at radius 3 is 2.15 bits per heavy atom. The lowest BCUT2D eigenvalue weighted by Crippen LogP contribution is -2.20. The predicted molar refractivity (Wildman–Crippen MR) is 127 cm³/mol. The molecule has 0 amide bonds. The zero-order valence-electron chi connectivity index (χ0n) is 16.9. The van der Waals surface area contributed by atoms with Gasteiger partial charge in [0.1, 0.15) is 0 Å². The van der Waals surface area contributed by atoms with E-state index in [1.807, 2.05) is 18.2 Å². The number of unbranched alkanes of at least 4 members (excludes halogenated alkanes) is 3. The molecule has 146 valence electrons. The summed E-state index contributed by atoms with van der Waals surface area (Å²) < 4.78 is 0. The van der Waals surface area contributed by atoms with E-state index in [4.69, 9.17) is 17.8 Å². The van der Waals surface area contributed by atoms with E-state index < -0.39 is 0 Å². The molecule has 27 heavy (non-hydrogen) atoms. The molecule has 2 rings (SSSR count). The lowest BCUT2D eigenvalue weighted by Gasteiger charge is -2.29. The number of rotatable bonds is 10. The van der Waals surface area contributed by atoms with E-state index in [2.05, 4.69) is 57.2 Å². The van der Waals surface area contributed by atoms with E-state index in [0.717, 1.165) is 27.4 Å². The highest BCUT2D eigenvalue weighted by Crippen LogP contribution is 2.37. The Morgan fingerprint density at radius 1 is 0.926 bits per heavy atom. The molecule has 0 saturated carbocycles. The maximum atomic E-state index is 6.00. The molecule has 0 fully saturated rings. The Hall–Kier alpha value is -1.16. The van der Waals surface area contributed by atoms with Crippen molar-refractivity contribution in [3.63, 3.8) is 0 Å². The second-order valence-corrected chi connectivity index (χ2v) is 8.55. The molecule has 0 aliphatic heterocycles. The first-order valence-electron chi connectivity index (χ1n) is 10.0. The van der Waals surface area contributed by atoms with Gasteiger partial charge in [-0.1, -0.05) is 101 Å². The summed E-state index contributed by atoms with van der Waals surface area (Å²) in [7, 11) is 0. The van der Waals surface area contributed by atoms with Crippen LogP contribution in [0.1, 0.15) is 76.0 Å².